The first-order valence-electron chi connectivity index (χ1n) is 7.18. The summed E-state index contributed by atoms with van der Waals surface area (Å²) in [6.45, 7) is 0.310. The van der Waals surface area contributed by atoms with E-state index >= 15 is 0 Å². The molecule has 0 spiro atoms. The fraction of sp³-hybridized carbons (Fsp3) is 0.188. The van der Waals surface area contributed by atoms with Gasteiger partial charge >= 0.3 is 0 Å². The second-order valence-corrected chi connectivity index (χ2v) is 5.39. The molecule has 7 nitrogen and oxygen atoms in total. The normalized spacial score (nSPS) is 10.2. The molecule has 2 rings (SSSR count). The van der Waals surface area contributed by atoms with Crippen LogP contribution < -0.4 is 15.8 Å². The zero-order chi connectivity index (χ0) is 17.5. The average molecular weight is 350 g/mol. The van der Waals surface area contributed by atoms with Crippen molar-refractivity contribution in [2.45, 2.75) is 12.8 Å². The van der Waals surface area contributed by atoms with E-state index in [1.807, 2.05) is 0 Å². The molecule has 0 bridgehead atoms. The predicted molar refractivity (Wildman–Crippen MR) is 92.3 cm³/mol. The number of hydrogen-bond donors (Lipinski definition) is 2. The Morgan fingerprint density at radius 3 is 2.75 bits per heavy atom. The molecule has 0 saturated heterocycles. The number of carbonyl (C=O) groups excluding carboxylic acids is 1. The molecule has 0 aliphatic carbocycles. The van der Waals surface area contributed by atoms with Crippen molar-refractivity contribution in [1.82, 2.24) is 0 Å². The van der Waals surface area contributed by atoms with E-state index in [-0.39, 0.29) is 28.7 Å². The summed E-state index contributed by atoms with van der Waals surface area (Å²) < 4.78 is 5.48. The summed E-state index contributed by atoms with van der Waals surface area (Å²) in [5.41, 5.74) is 6.14. The monoisotopic (exact) mass is 349 g/mol. The molecule has 0 unspecified atom stereocenters. The number of nitrogens with two attached hydrogens (primary N) is 1. The lowest BCUT2D eigenvalue weighted by molar-refractivity contribution is -0.383. The van der Waals surface area contributed by atoms with Gasteiger partial charge in [-0.1, -0.05) is 23.7 Å². The molecule has 0 fully saturated rings. The van der Waals surface area contributed by atoms with Gasteiger partial charge in [0.05, 0.1) is 17.2 Å². The summed E-state index contributed by atoms with van der Waals surface area (Å²) in [4.78, 5) is 22.3. The van der Waals surface area contributed by atoms with E-state index in [4.69, 9.17) is 22.1 Å². The van der Waals surface area contributed by atoms with Gasteiger partial charge < -0.3 is 15.8 Å². The van der Waals surface area contributed by atoms with Gasteiger partial charge in [0.15, 0.2) is 0 Å². The number of nitrogen functional groups attached to an aromatic ring is 1. The highest BCUT2D eigenvalue weighted by Crippen LogP contribution is 2.28. The number of halogens is 1. The smallest absolute Gasteiger partial charge is 0.294 e. The van der Waals surface area contributed by atoms with E-state index in [2.05, 4.69) is 5.32 Å². The third kappa shape index (κ3) is 4.85. The Morgan fingerprint density at radius 1 is 1.29 bits per heavy atom. The van der Waals surface area contributed by atoms with Gasteiger partial charge in [-0.25, -0.2) is 0 Å². The van der Waals surface area contributed by atoms with Gasteiger partial charge in [-0.2, -0.15) is 0 Å². The van der Waals surface area contributed by atoms with E-state index < -0.39 is 4.92 Å². The fourth-order valence-corrected chi connectivity index (χ4v) is 2.17. The number of nitrogens with zero attached hydrogens (tertiary/aromatic N) is 1. The van der Waals surface area contributed by atoms with Gasteiger partial charge in [0.2, 0.25) is 5.91 Å². The Balaban J connectivity index is 1.84. The van der Waals surface area contributed by atoms with Crippen molar-refractivity contribution in [2.75, 3.05) is 17.7 Å². The number of nitro benzene ring substituents is 1. The van der Waals surface area contributed by atoms with Gasteiger partial charge in [0.25, 0.3) is 5.69 Å². The molecule has 8 heteroatoms. The number of anilines is 2. The molecule has 0 heterocycles. The summed E-state index contributed by atoms with van der Waals surface area (Å²) >= 11 is 5.73. The third-order valence-corrected chi connectivity index (χ3v) is 3.39. The highest BCUT2D eigenvalue weighted by Gasteiger charge is 2.16. The van der Waals surface area contributed by atoms with Crippen molar-refractivity contribution in [1.29, 1.82) is 0 Å². The predicted octanol–water partition coefficient (Wildman–Crippen LogP) is 3.63. The summed E-state index contributed by atoms with van der Waals surface area (Å²) in [6, 6.07) is 11.1. The zero-order valence-electron chi connectivity index (χ0n) is 12.7. The van der Waals surface area contributed by atoms with Crippen LogP contribution in [0.1, 0.15) is 12.8 Å². The molecule has 1 amide bonds. The Morgan fingerprint density at radius 2 is 2.04 bits per heavy atom. The maximum atomic E-state index is 11.9. The van der Waals surface area contributed by atoms with Crippen LogP contribution in [0.2, 0.25) is 5.02 Å². The second kappa shape index (κ2) is 8.16. The first-order chi connectivity index (χ1) is 11.5. The highest BCUT2D eigenvalue weighted by molar-refractivity contribution is 6.31. The molecule has 0 atom stereocenters. The molecule has 24 heavy (non-hydrogen) atoms. The Kier molecular flexibility index (Phi) is 5.97. The minimum atomic E-state index is -0.594. The van der Waals surface area contributed by atoms with Crippen molar-refractivity contribution >= 4 is 34.6 Å². The number of ether oxygens (including phenoxy) is 1. The number of hydrogen-bond acceptors (Lipinski definition) is 5. The lowest BCUT2D eigenvalue weighted by atomic mass is 10.2. The van der Waals surface area contributed by atoms with Gasteiger partial charge in [-0.3, -0.25) is 14.9 Å². The number of para-hydroxylation sites is 2. The van der Waals surface area contributed by atoms with Crippen LogP contribution in [-0.4, -0.2) is 17.4 Å². The van der Waals surface area contributed by atoms with Crippen LogP contribution in [0, 0.1) is 10.1 Å². The Labute approximate surface area is 143 Å². The van der Waals surface area contributed by atoms with Gasteiger partial charge in [0.1, 0.15) is 11.4 Å². The zero-order valence-corrected chi connectivity index (χ0v) is 13.5. The molecule has 0 radical (unpaired) electrons. The maximum Gasteiger partial charge on any atom is 0.294 e. The van der Waals surface area contributed by atoms with E-state index in [0.717, 1.165) is 0 Å². The summed E-state index contributed by atoms with van der Waals surface area (Å²) in [5, 5.41) is 13.7. The number of benzene rings is 2. The first-order valence-corrected chi connectivity index (χ1v) is 7.56. The molecule has 0 aliphatic heterocycles. The quantitative estimate of drug-likeness (QED) is 0.343. The molecule has 3 N–H and O–H groups in total. The van der Waals surface area contributed by atoms with Crippen molar-refractivity contribution in [3.8, 4) is 5.75 Å². The molecule has 2 aromatic carbocycles. The van der Waals surface area contributed by atoms with Crippen LogP contribution in [0.15, 0.2) is 42.5 Å². The number of rotatable bonds is 7. The Hall–Kier alpha value is -2.80. The van der Waals surface area contributed by atoms with Crippen LogP contribution in [0.5, 0.6) is 5.75 Å². The number of amides is 1. The standard InChI is InChI=1S/C16H16ClN3O4/c17-11-7-8-13(14(10-11)20(22)23)19-16(21)6-3-9-24-15-5-2-1-4-12(15)18/h1-2,4-5,7-8,10H,3,6,9,18H2,(H,19,21). The molecule has 0 saturated carbocycles. The summed E-state index contributed by atoms with van der Waals surface area (Å²) in [5.74, 6) is 0.219. The maximum absolute atomic E-state index is 11.9. The van der Waals surface area contributed by atoms with E-state index in [1.54, 1.807) is 24.3 Å². The topological polar surface area (TPSA) is 107 Å². The minimum Gasteiger partial charge on any atom is -0.491 e. The highest BCUT2D eigenvalue weighted by atomic mass is 35.5. The van der Waals surface area contributed by atoms with Crippen molar-refractivity contribution in [3.05, 3.63) is 57.6 Å². The number of carbonyl (C=O) groups is 1. The van der Waals surface area contributed by atoms with E-state index in [9.17, 15) is 14.9 Å². The summed E-state index contributed by atoms with van der Waals surface area (Å²) in [6.07, 6.45) is 0.605. The van der Waals surface area contributed by atoms with Gasteiger partial charge in [-0.15, -0.1) is 0 Å². The van der Waals surface area contributed by atoms with Crippen LogP contribution in [0.4, 0.5) is 17.1 Å². The molecular weight excluding hydrogens is 334 g/mol. The first kappa shape index (κ1) is 17.6. The van der Waals surface area contributed by atoms with E-state index in [0.29, 0.717) is 24.5 Å². The minimum absolute atomic E-state index is 0.114. The second-order valence-electron chi connectivity index (χ2n) is 4.96. The van der Waals surface area contributed by atoms with Crippen molar-refractivity contribution in [3.63, 3.8) is 0 Å². The van der Waals surface area contributed by atoms with Crippen LogP contribution in [0.25, 0.3) is 0 Å². The lowest BCUT2D eigenvalue weighted by Gasteiger charge is -2.09. The molecule has 0 aliphatic rings. The molecule has 126 valence electrons. The lowest BCUT2D eigenvalue weighted by Crippen LogP contribution is -2.14. The van der Waals surface area contributed by atoms with E-state index in [1.165, 1.54) is 18.2 Å². The third-order valence-electron chi connectivity index (χ3n) is 3.16. The summed E-state index contributed by atoms with van der Waals surface area (Å²) in [7, 11) is 0. The van der Waals surface area contributed by atoms with Gasteiger partial charge in [0, 0.05) is 17.5 Å². The van der Waals surface area contributed by atoms with Crippen LogP contribution in [0.3, 0.4) is 0 Å². The number of nitro groups is 1. The molecular formula is C16H16ClN3O4. The molecule has 0 aromatic heterocycles. The fourth-order valence-electron chi connectivity index (χ4n) is 2.00. The van der Waals surface area contributed by atoms with Crippen molar-refractivity contribution < 1.29 is 14.5 Å². The number of nitrogens with one attached hydrogen (secondary N) is 1. The molecule has 2 aromatic rings. The Bertz CT molecular complexity index is 752. The van der Waals surface area contributed by atoms with Crippen molar-refractivity contribution in [2.24, 2.45) is 0 Å². The average Bonchev–Trinajstić information content (AvgIpc) is 2.54. The van der Waals surface area contributed by atoms with Crippen LogP contribution >= 0.6 is 11.6 Å². The SMILES string of the molecule is Nc1ccccc1OCCCC(=O)Nc1ccc(Cl)cc1[N+](=O)[O-]. The van der Waals surface area contributed by atoms with Crippen LogP contribution in [-0.2, 0) is 4.79 Å². The van der Waals surface area contributed by atoms with Gasteiger partial charge in [-0.05, 0) is 30.7 Å². The largest absolute Gasteiger partial charge is 0.491 e.